The molecule has 0 bridgehead atoms. The van der Waals surface area contributed by atoms with Crippen LogP contribution < -0.4 is 20.3 Å². The molecule has 0 spiro atoms. The van der Waals surface area contributed by atoms with E-state index in [4.69, 9.17) is 11.6 Å². The molecule has 12 heteroatoms. The normalized spacial score (nSPS) is 18.4. The summed E-state index contributed by atoms with van der Waals surface area (Å²) in [4.78, 5) is 35.1. The third-order valence-corrected chi connectivity index (χ3v) is 5.82. The zero-order chi connectivity index (χ0) is 24.5. The number of rotatable bonds is 6. The number of hydrogen-bond donors (Lipinski definition) is 2. The molecule has 34 heavy (non-hydrogen) atoms. The standard InChI is InChI=1S/C22H23ClF3N5O3/c1-12-9-17(29-21(27-12)30-19(32)13-4-5-13)20(33)28-14-3-2-8-31(11-14)18-7-6-15(10-16(18)23)34-22(24,25)26/h6-7,9-10,13-14H,2-5,8,11H2,1H3,(H,28,33)(H,27,29,30,32). The van der Waals surface area contributed by atoms with Crippen LogP contribution in [-0.2, 0) is 4.79 Å². The van der Waals surface area contributed by atoms with Crippen LogP contribution in [-0.4, -0.2) is 47.3 Å². The molecule has 4 rings (SSSR count). The van der Waals surface area contributed by atoms with Gasteiger partial charge in [0.2, 0.25) is 11.9 Å². The van der Waals surface area contributed by atoms with Crippen molar-refractivity contribution in [3.63, 3.8) is 0 Å². The number of nitrogens with zero attached hydrogens (tertiary/aromatic N) is 3. The summed E-state index contributed by atoms with van der Waals surface area (Å²) in [6.45, 7) is 2.76. The Labute approximate surface area is 198 Å². The summed E-state index contributed by atoms with van der Waals surface area (Å²) in [6.07, 6.45) is -1.67. The molecule has 2 aromatic rings. The number of nitrogens with one attached hydrogen (secondary N) is 2. The molecule has 2 amide bonds. The Bertz CT molecular complexity index is 1090. The smallest absolute Gasteiger partial charge is 0.406 e. The predicted molar refractivity (Wildman–Crippen MR) is 119 cm³/mol. The van der Waals surface area contributed by atoms with Crippen molar-refractivity contribution in [3.05, 3.63) is 40.7 Å². The van der Waals surface area contributed by atoms with Gasteiger partial charge in [-0.05, 0) is 50.8 Å². The predicted octanol–water partition coefficient (Wildman–Crippen LogP) is 4.08. The third-order valence-electron chi connectivity index (χ3n) is 5.52. The van der Waals surface area contributed by atoms with E-state index in [1.807, 2.05) is 4.90 Å². The lowest BCUT2D eigenvalue weighted by Gasteiger charge is -2.35. The van der Waals surface area contributed by atoms with Crippen LogP contribution >= 0.6 is 11.6 Å². The number of halogens is 4. The second-order valence-electron chi connectivity index (χ2n) is 8.40. The lowest BCUT2D eigenvalue weighted by molar-refractivity contribution is -0.274. The maximum Gasteiger partial charge on any atom is 0.573 e. The van der Waals surface area contributed by atoms with Gasteiger partial charge in [-0.2, -0.15) is 0 Å². The highest BCUT2D eigenvalue weighted by Crippen LogP contribution is 2.34. The average Bonchev–Trinajstić information content (AvgIpc) is 3.58. The van der Waals surface area contributed by atoms with Gasteiger partial charge in [0.1, 0.15) is 11.4 Å². The van der Waals surface area contributed by atoms with E-state index in [2.05, 4.69) is 25.3 Å². The van der Waals surface area contributed by atoms with Gasteiger partial charge in [0.15, 0.2) is 0 Å². The van der Waals surface area contributed by atoms with Gasteiger partial charge in [0.05, 0.1) is 10.7 Å². The summed E-state index contributed by atoms with van der Waals surface area (Å²) in [5, 5.41) is 5.71. The molecular formula is C22H23ClF3N5O3. The molecule has 8 nitrogen and oxygen atoms in total. The number of ether oxygens (including phenoxy) is 1. The molecule has 1 saturated carbocycles. The number of hydrogen-bond acceptors (Lipinski definition) is 6. The Morgan fingerprint density at radius 2 is 1.94 bits per heavy atom. The van der Waals surface area contributed by atoms with Crippen molar-refractivity contribution in [3.8, 4) is 5.75 Å². The minimum Gasteiger partial charge on any atom is -0.406 e. The molecule has 2 fully saturated rings. The molecule has 1 aromatic carbocycles. The van der Waals surface area contributed by atoms with E-state index in [0.29, 0.717) is 30.9 Å². The monoisotopic (exact) mass is 497 g/mol. The van der Waals surface area contributed by atoms with Gasteiger partial charge in [0, 0.05) is 36.8 Å². The molecule has 1 atom stereocenters. The third kappa shape index (κ3) is 6.28. The van der Waals surface area contributed by atoms with Crippen molar-refractivity contribution >= 4 is 35.1 Å². The maximum absolute atomic E-state index is 12.9. The van der Waals surface area contributed by atoms with E-state index in [-0.39, 0.29) is 34.5 Å². The van der Waals surface area contributed by atoms with E-state index < -0.39 is 18.0 Å². The molecule has 1 saturated heterocycles. The van der Waals surface area contributed by atoms with Crippen molar-refractivity contribution in [1.82, 2.24) is 15.3 Å². The maximum atomic E-state index is 12.9. The summed E-state index contributed by atoms with van der Waals surface area (Å²) < 4.78 is 41.2. The molecule has 1 aliphatic carbocycles. The number of anilines is 2. The number of aromatic nitrogens is 2. The Morgan fingerprint density at radius 1 is 1.18 bits per heavy atom. The minimum atomic E-state index is -4.80. The van der Waals surface area contributed by atoms with Crippen LogP contribution in [0.3, 0.4) is 0 Å². The first-order valence-corrected chi connectivity index (χ1v) is 11.2. The highest BCUT2D eigenvalue weighted by molar-refractivity contribution is 6.33. The molecule has 2 heterocycles. The molecule has 182 valence electrons. The summed E-state index contributed by atoms with van der Waals surface area (Å²) in [5.41, 5.74) is 1.24. The van der Waals surface area contributed by atoms with Crippen LogP contribution in [0.5, 0.6) is 5.75 Å². The Balaban J connectivity index is 1.40. The molecule has 1 unspecified atom stereocenters. The number of aryl methyl sites for hydroxylation is 1. The van der Waals surface area contributed by atoms with Crippen molar-refractivity contribution in [2.45, 2.75) is 45.0 Å². The SMILES string of the molecule is Cc1cc(C(=O)NC2CCCN(c3ccc(OC(F)(F)F)cc3Cl)C2)nc(NC(=O)C2CC2)n1. The molecule has 2 aliphatic rings. The van der Waals surface area contributed by atoms with Crippen LogP contribution in [0.15, 0.2) is 24.3 Å². The zero-order valence-corrected chi connectivity index (χ0v) is 19.0. The fourth-order valence-corrected chi connectivity index (χ4v) is 4.10. The number of piperidine rings is 1. The van der Waals surface area contributed by atoms with E-state index in [1.54, 1.807) is 13.0 Å². The van der Waals surface area contributed by atoms with Gasteiger partial charge in [-0.15, -0.1) is 13.2 Å². The topological polar surface area (TPSA) is 96.5 Å². The molecular weight excluding hydrogens is 475 g/mol. The van der Waals surface area contributed by atoms with Gasteiger partial charge >= 0.3 is 6.36 Å². The van der Waals surface area contributed by atoms with E-state index in [0.717, 1.165) is 25.3 Å². The molecule has 1 aromatic heterocycles. The molecule has 2 N–H and O–H groups in total. The Hall–Kier alpha value is -3.08. The van der Waals surface area contributed by atoms with Gasteiger partial charge < -0.3 is 15.0 Å². The van der Waals surface area contributed by atoms with Crippen LogP contribution in [0.1, 0.15) is 41.9 Å². The lowest BCUT2D eigenvalue weighted by atomic mass is 10.0. The van der Waals surface area contributed by atoms with E-state index in [9.17, 15) is 22.8 Å². The average molecular weight is 498 g/mol. The van der Waals surface area contributed by atoms with Crippen molar-refractivity contribution in [2.75, 3.05) is 23.3 Å². The highest BCUT2D eigenvalue weighted by Gasteiger charge is 2.32. The summed E-state index contributed by atoms with van der Waals surface area (Å²) in [5.74, 6) is -0.870. The zero-order valence-electron chi connectivity index (χ0n) is 18.3. The van der Waals surface area contributed by atoms with E-state index >= 15 is 0 Å². The van der Waals surface area contributed by atoms with Gasteiger partial charge in [-0.1, -0.05) is 11.6 Å². The van der Waals surface area contributed by atoms with Gasteiger partial charge in [0.25, 0.3) is 5.91 Å². The Kier molecular flexibility index (Phi) is 6.83. The van der Waals surface area contributed by atoms with Crippen LogP contribution in [0, 0.1) is 12.8 Å². The quantitative estimate of drug-likeness (QED) is 0.624. The first-order valence-electron chi connectivity index (χ1n) is 10.8. The summed E-state index contributed by atoms with van der Waals surface area (Å²) in [7, 11) is 0. The summed E-state index contributed by atoms with van der Waals surface area (Å²) in [6, 6.07) is 5.10. The first-order chi connectivity index (χ1) is 16.1. The number of amides is 2. The number of benzene rings is 1. The van der Waals surface area contributed by atoms with Crippen LogP contribution in [0.25, 0.3) is 0 Å². The van der Waals surface area contributed by atoms with E-state index in [1.165, 1.54) is 12.1 Å². The lowest BCUT2D eigenvalue weighted by Crippen LogP contribution is -2.48. The van der Waals surface area contributed by atoms with Crippen LogP contribution in [0.2, 0.25) is 5.02 Å². The number of alkyl halides is 3. The Morgan fingerprint density at radius 3 is 2.62 bits per heavy atom. The van der Waals surface area contributed by atoms with Crippen LogP contribution in [0.4, 0.5) is 24.8 Å². The van der Waals surface area contributed by atoms with Gasteiger partial charge in [-0.3, -0.25) is 14.9 Å². The second kappa shape index (κ2) is 9.65. The molecule has 0 radical (unpaired) electrons. The fraction of sp³-hybridized carbons (Fsp3) is 0.455. The largest absolute Gasteiger partial charge is 0.573 e. The second-order valence-corrected chi connectivity index (χ2v) is 8.81. The van der Waals surface area contributed by atoms with Crippen molar-refractivity contribution in [2.24, 2.45) is 5.92 Å². The van der Waals surface area contributed by atoms with Crippen molar-refractivity contribution in [1.29, 1.82) is 0 Å². The van der Waals surface area contributed by atoms with Gasteiger partial charge in [-0.25, -0.2) is 9.97 Å². The summed E-state index contributed by atoms with van der Waals surface area (Å²) >= 11 is 6.22. The van der Waals surface area contributed by atoms with Crippen molar-refractivity contribution < 1.29 is 27.5 Å². The number of carbonyl (C=O) groups is 2. The fourth-order valence-electron chi connectivity index (χ4n) is 3.81. The number of carbonyl (C=O) groups excluding carboxylic acids is 2. The minimum absolute atomic E-state index is 0.0180. The highest BCUT2D eigenvalue weighted by atomic mass is 35.5. The first kappa shape index (κ1) is 24.1. The molecule has 1 aliphatic heterocycles.